The largest absolute Gasteiger partial charge is 0.387 e. The van der Waals surface area contributed by atoms with E-state index in [0.717, 1.165) is 19.5 Å². The molecule has 1 aromatic heterocycles. The van der Waals surface area contributed by atoms with Gasteiger partial charge >= 0.3 is 0 Å². The molecule has 6 heteroatoms. The van der Waals surface area contributed by atoms with Gasteiger partial charge in [0.2, 0.25) is 5.91 Å². The Hall–Kier alpha value is -1.43. The van der Waals surface area contributed by atoms with Crippen LogP contribution in [0, 0.1) is 0 Å². The fourth-order valence-corrected chi connectivity index (χ4v) is 1.39. The summed E-state index contributed by atoms with van der Waals surface area (Å²) in [5, 5.41) is 16.8. The summed E-state index contributed by atoms with van der Waals surface area (Å²) in [7, 11) is 0. The molecule has 2 heterocycles. The molecule has 0 spiro atoms. The molecule has 82 valence electrons. The maximum Gasteiger partial charge on any atom is 0.244 e. The van der Waals surface area contributed by atoms with E-state index in [0.29, 0.717) is 5.69 Å². The first-order chi connectivity index (χ1) is 7.16. The summed E-state index contributed by atoms with van der Waals surface area (Å²) >= 11 is 0. The summed E-state index contributed by atoms with van der Waals surface area (Å²) in [6, 6.07) is 0. The van der Waals surface area contributed by atoms with Gasteiger partial charge in [0, 0.05) is 13.1 Å². The summed E-state index contributed by atoms with van der Waals surface area (Å²) in [6.07, 6.45) is 2.04. The molecule has 0 aliphatic carbocycles. The van der Waals surface area contributed by atoms with E-state index >= 15 is 0 Å². The minimum Gasteiger partial charge on any atom is -0.387 e. The number of aliphatic hydroxyl groups is 1. The van der Waals surface area contributed by atoms with Crippen molar-refractivity contribution in [2.24, 2.45) is 0 Å². The number of rotatable bonds is 3. The highest BCUT2D eigenvalue weighted by Gasteiger charge is 2.20. The van der Waals surface area contributed by atoms with Crippen LogP contribution in [0.2, 0.25) is 0 Å². The van der Waals surface area contributed by atoms with Crippen LogP contribution < -0.4 is 0 Å². The maximum absolute atomic E-state index is 11.5. The first kappa shape index (κ1) is 10.1. The minimum absolute atomic E-state index is 0.0586. The van der Waals surface area contributed by atoms with E-state index < -0.39 is 6.10 Å². The molecule has 1 aliphatic rings. The van der Waals surface area contributed by atoms with Crippen LogP contribution in [0.25, 0.3) is 0 Å². The fourth-order valence-electron chi connectivity index (χ4n) is 1.39. The first-order valence-electron chi connectivity index (χ1n) is 5.02. The summed E-state index contributed by atoms with van der Waals surface area (Å²) in [5.41, 5.74) is 0.492. The van der Waals surface area contributed by atoms with Gasteiger partial charge in [-0.1, -0.05) is 5.21 Å². The van der Waals surface area contributed by atoms with Gasteiger partial charge in [-0.25, -0.2) is 4.68 Å². The predicted octanol–water partition coefficient (Wildman–Crippen LogP) is -0.436. The van der Waals surface area contributed by atoms with Crippen LogP contribution in [0.1, 0.15) is 25.1 Å². The van der Waals surface area contributed by atoms with Crippen LogP contribution in [-0.4, -0.2) is 44.0 Å². The second-order valence-corrected chi connectivity index (χ2v) is 3.75. The average Bonchev–Trinajstić information content (AvgIpc) is 2.48. The highest BCUT2D eigenvalue weighted by molar-refractivity contribution is 5.76. The minimum atomic E-state index is -0.641. The van der Waals surface area contributed by atoms with Crippen molar-refractivity contribution < 1.29 is 9.90 Å². The maximum atomic E-state index is 11.5. The quantitative estimate of drug-likeness (QED) is 0.734. The molecule has 1 N–H and O–H groups in total. The molecule has 1 fully saturated rings. The van der Waals surface area contributed by atoms with Gasteiger partial charge in [-0.05, 0) is 13.3 Å². The van der Waals surface area contributed by atoms with Crippen molar-refractivity contribution in [3.05, 3.63) is 11.9 Å². The van der Waals surface area contributed by atoms with Crippen molar-refractivity contribution in [3.8, 4) is 0 Å². The summed E-state index contributed by atoms with van der Waals surface area (Å²) in [5.74, 6) is 0.0586. The molecule has 1 saturated heterocycles. The Labute approximate surface area is 87.5 Å². The molecule has 0 radical (unpaired) electrons. The molecule has 6 nitrogen and oxygen atoms in total. The standard InChI is InChI=1S/C9H14N4O2/c1-7(14)8-5-13(11-10-8)6-9(15)12-3-2-4-12/h5,7,14H,2-4,6H2,1H3. The normalized spacial score (nSPS) is 17.3. The molecular weight excluding hydrogens is 196 g/mol. The Morgan fingerprint density at radius 3 is 2.87 bits per heavy atom. The van der Waals surface area contributed by atoms with Gasteiger partial charge in [-0.15, -0.1) is 5.10 Å². The van der Waals surface area contributed by atoms with E-state index in [-0.39, 0.29) is 12.5 Å². The van der Waals surface area contributed by atoms with Gasteiger partial charge in [0.1, 0.15) is 12.2 Å². The van der Waals surface area contributed by atoms with Crippen LogP contribution in [0.4, 0.5) is 0 Å². The molecule has 0 saturated carbocycles. The monoisotopic (exact) mass is 210 g/mol. The number of carbonyl (C=O) groups is 1. The number of aliphatic hydroxyl groups excluding tert-OH is 1. The summed E-state index contributed by atoms with van der Waals surface area (Å²) in [4.78, 5) is 13.3. The Morgan fingerprint density at radius 2 is 2.40 bits per heavy atom. The third kappa shape index (κ3) is 2.15. The molecule has 1 aromatic rings. The molecule has 1 aliphatic heterocycles. The van der Waals surface area contributed by atoms with Crippen LogP contribution in [0.3, 0.4) is 0 Å². The van der Waals surface area contributed by atoms with E-state index in [1.54, 1.807) is 18.0 Å². The number of aromatic nitrogens is 3. The molecule has 0 aromatic carbocycles. The molecule has 1 unspecified atom stereocenters. The topological polar surface area (TPSA) is 71.2 Å². The van der Waals surface area contributed by atoms with E-state index in [1.165, 1.54) is 4.68 Å². The van der Waals surface area contributed by atoms with E-state index in [9.17, 15) is 9.90 Å². The lowest BCUT2D eigenvalue weighted by Crippen LogP contribution is -2.43. The van der Waals surface area contributed by atoms with Gasteiger partial charge in [0.15, 0.2) is 0 Å². The van der Waals surface area contributed by atoms with Crippen molar-refractivity contribution in [2.75, 3.05) is 13.1 Å². The number of hydrogen-bond donors (Lipinski definition) is 1. The smallest absolute Gasteiger partial charge is 0.244 e. The van der Waals surface area contributed by atoms with Gasteiger partial charge in [-0.2, -0.15) is 0 Å². The van der Waals surface area contributed by atoms with Crippen molar-refractivity contribution in [3.63, 3.8) is 0 Å². The lowest BCUT2D eigenvalue weighted by molar-refractivity contribution is -0.135. The van der Waals surface area contributed by atoms with Gasteiger partial charge < -0.3 is 10.0 Å². The number of carbonyl (C=O) groups excluding carboxylic acids is 1. The zero-order valence-corrected chi connectivity index (χ0v) is 8.63. The SMILES string of the molecule is CC(O)c1cn(CC(=O)N2CCC2)nn1. The van der Waals surface area contributed by atoms with Gasteiger partial charge in [0.05, 0.1) is 12.3 Å². The third-order valence-electron chi connectivity index (χ3n) is 2.49. The first-order valence-corrected chi connectivity index (χ1v) is 5.02. The lowest BCUT2D eigenvalue weighted by Gasteiger charge is -2.30. The molecule has 0 bridgehead atoms. The van der Waals surface area contributed by atoms with Gasteiger partial charge in [-0.3, -0.25) is 4.79 Å². The predicted molar refractivity (Wildman–Crippen MR) is 51.9 cm³/mol. The van der Waals surface area contributed by atoms with Crippen LogP contribution >= 0.6 is 0 Å². The number of amides is 1. The second-order valence-electron chi connectivity index (χ2n) is 3.75. The Balaban J connectivity index is 1.95. The van der Waals surface area contributed by atoms with Crippen LogP contribution in [-0.2, 0) is 11.3 Å². The van der Waals surface area contributed by atoms with Gasteiger partial charge in [0.25, 0.3) is 0 Å². The van der Waals surface area contributed by atoms with Crippen LogP contribution in [0.15, 0.2) is 6.20 Å². The second kappa shape index (κ2) is 3.98. The van der Waals surface area contributed by atoms with Crippen molar-refractivity contribution in [1.29, 1.82) is 0 Å². The number of likely N-dealkylation sites (tertiary alicyclic amines) is 1. The van der Waals surface area contributed by atoms with Crippen molar-refractivity contribution in [2.45, 2.75) is 26.0 Å². The zero-order valence-electron chi connectivity index (χ0n) is 8.63. The number of nitrogens with zero attached hydrogens (tertiary/aromatic N) is 4. The summed E-state index contributed by atoms with van der Waals surface area (Å²) in [6.45, 7) is 3.51. The highest BCUT2D eigenvalue weighted by Crippen LogP contribution is 2.09. The van der Waals surface area contributed by atoms with Crippen molar-refractivity contribution >= 4 is 5.91 Å². The number of hydrogen-bond acceptors (Lipinski definition) is 4. The Kier molecular flexibility index (Phi) is 2.68. The average molecular weight is 210 g/mol. The third-order valence-corrected chi connectivity index (χ3v) is 2.49. The molecule has 1 atom stereocenters. The fraction of sp³-hybridized carbons (Fsp3) is 0.667. The zero-order chi connectivity index (χ0) is 10.8. The molecular formula is C9H14N4O2. The van der Waals surface area contributed by atoms with E-state index in [1.807, 2.05) is 0 Å². The Morgan fingerprint density at radius 1 is 1.67 bits per heavy atom. The van der Waals surface area contributed by atoms with E-state index in [4.69, 9.17) is 0 Å². The van der Waals surface area contributed by atoms with Crippen molar-refractivity contribution in [1.82, 2.24) is 19.9 Å². The van der Waals surface area contributed by atoms with E-state index in [2.05, 4.69) is 10.3 Å². The van der Waals surface area contributed by atoms with Crippen LogP contribution in [0.5, 0.6) is 0 Å². The molecule has 2 rings (SSSR count). The molecule has 15 heavy (non-hydrogen) atoms. The summed E-state index contributed by atoms with van der Waals surface area (Å²) < 4.78 is 1.46. The lowest BCUT2D eigenvalue weighted by atomic mass is 10.2. The highest BCUT2D eigenvalue weighted by atomic mass is 16.3. The Bertz CT molecular complexity index is 357. The molecule has 1 amide bonds.